The van der Waals surface area contributed by atoms with Gasteiger partial charge >= 0.3 is 0 Å². The molecule has 3 amide bonds. The van der Waals surface area contributed by atoms with Crippen molar-refractivity contribution in [2.75, 3.05) is 19.6 Å². The monoisotopic (exact) mass is 403 g/mol. The summed E-state index contributed by atoms with van der Waals surface area (Å²) in [7, 11) is 0. The molecule has 1 aromatic carbocycles. The van der Waals surface area contributed by atoms with E-state index in [9.17, 15) is 18.8 Å². The van der Waals surface area contributed by atoms with E-state index in [4.69, 9.17) is 0 Å². The van der Waals surface area contributed by atoms with Crippen molar-refractivity contribution >= 4 is 17.7 Å². The smallest absolute Gasteiger partial charge is 0.224 e. The lowest BCUT2D eigenvalue weighted by Gasteiger charge is -2.31. The first-order chi connectivity index (χ1) is 13.8. The molecule has 1 saturated heterocycles. The Kier molecular flexibility index (Phi) is 6.87. The highest BCUT2D eigenvalue weighted by Gasteiger charge is 2.38. The Labute approximate surface area is 171 Å². The second-order valence-electron chi connectivity index (χ2n) is 8.32. The molecule has 0 radical (unpaired) electrons. The first-order valence-electron chi connectivity index (χ1n) is 10.4. The second-order valence-corrected chi connectivity index (χ2v) is 8.32. The molecule has 2 N–H and O–H groups in total. The summed E-state index contributed by atoms with van der Waals surface area (Å²) in [4.78, 5) is 38.3. The van der Waals surface area contributed by atoms with Gasteiger partial charge in [0, 0.05) is 44.4 Å². The Bertz CT molecular complexity index is 775. The summed E-state index contributed by atoms with van der Waals surface area (Å²) >= 11 is 0. The molecule has 2 atom stereocenters. The van der Waals surface area contributed by atoms with Gasteiger partial charge in [-0.25, -0.2) is 4.39 Å². The first kappa shape index (κ1) is 21.3. The van der Waals surface area contributed by atoms with Gasteiger partial charge in [-0.15, -0.1) is 0 Å². The Balaban J connectivity index is 1.34. The number of likely N-dealkylation sites (tertiary alicyclic amines) is 1. The molecule has 2 aliphatic rings. The molecule has 2 fully saturated rings. The van der Waals surface area contributed by atoms with Crippen LogP contribution >= 0.6 is 0 Å². The highest BCUT2D eigenvalue weighted by molar-refractivity contribution is 5.83. The number of carbonyl (C=O) groups excluding carboxylic acids is 3. The van der Waals surface area contributed by atoms with E-state index in [-0.39, 0.29) is 35.4 Å². The van der Waals surface area contributed by atoms with Gasteiger partial charge in [-0.05, 0) is 49.3 Å². The van der Waals surface area contributed by atoms with Crippen molar-refractivity contribution in [1.29, 1.82) is 0 Å². The predicted octanol–water partition coefficient (Wildman–Crippen LogP) is 2.15. The number of halogens is 1. The van der Waals surface area contributed by atoms with Crippen LogP contribution in [-0.2, 0) is 20.9 Å². The number of nitrogens with zero attached hydrogens (tertiary/aromatic N) is 1. The van der Waals surface area contributed by atoms with Gasteiger partial charge in [-0.3, -0.25) is 14.4 Å². The molecule has 1 heterocycles. The molecule has 1 aliphatic carbocycles. The summed E-state index contributed by atoms with van der Waals surface area (Å²) in [5, 5.41) is 5.70. The van der Waals surface area contributed by atoms with E-state index in [1.807, 2.05) is 6.07 Å². The number of hydrogen-bond donors (Lipinski definition) is 2. The van der Waals surface area contributed by atoms with Crippen molar-refractivity contribution < 1.29 is 18.8 Å². The average Bonchev–Trinajstić information content (AvgIpc) is 3.45. The third-order valence-electron chi connectivity index (χ3n) is 6.01. The molecule has 7 heteroatoms. The van der Waals surface area contributed by atoms with Crippen LogP contribution in [0.5, 0.6) is 0 Å². The Morgan fingerprint density at radius 2 is 1.83 bits per heavy atom. The highest BCUT2D eigenvalue weighted by atomic mass is 19.1. The van der Waals surface area contributed by atoms with Crippen LogP contribution in [0.15, 0.2) is 18.2 Å². The number of nitrogens with one attached hydrogen (secondary N) is 2. The molecule has 0 spiro atoms. The van der Waals surface area contributed by atoms with E-state index in [1.54, 1.807) is 17.9 Å². The minimum absolute atomic E-state index is 0.0168. The van der Waals surface area contributed by atoms with Crippen molar-refractivity contribution in [3.8, 4) is 0 Å². The molecule has 1 aromatic rings. The number of piperidine rings is 1. The molecule has 0 unspecified atom stereocenters. The van der Waals surface area contributed by atoms with Crippen LogP contribution in [0.3, 0.4) is 0 Å². The second kappa shape index (κ2) is 9.37. The van der Waals surface area contributed by atoms with Crippen molar-refractivity contribution in [2.45, 2.75) is 46.1 Å². The van der Waals surface area contributed by atoms with Gasteiger partial charge in [0.25, 0.3) is 0 Å². The van der Waals surface area contributed by atoms with E-state index in [1.165, 1.54) is 6.07 Å². The minimum atomic E-state index is -0.272. The quantitative estimate of drug-likeness (QED) is 0.732. The standard InChI is InChI=1S/C22H30FN3O3/c1-14-3-4-16(12-19(14)23)13-25-21(28)17-6-9-26(10-7-17)20(27)5-8-24-22(29)18-11-15(18)2/h3-4,12,15,17-18H,5-11,13H2,1-2H3,(H,24,29)(H,25,28)/t15-,18+/m0/s1. The zero-order valence-electron chi connectivity index (χ0n) is 17.2. The van der Waals surface area contributed by atoms with Gasteiger partial charge in [0.05, 0.1) is 0 Å². The first-order valence-corrected chi connectivity index (χ1v) is 10.4. The lowest BCUT2D eigenvalue weighted by Crippen LogP contribution is -2.43. The van der Waals surface area contributed by atoms with Gasteiger partial charge in [0.15, 0.2) is 0 Å². The Morgan fingerprint density at radius 1 is 1.14 bits per heavy atom. The molecule has 29 heavy (non-hydrogen) atoms. The number of carbonyl (C=O) groups is 3. The van der Waals surface area contributed by atoms with Gasteiger partial charge in [0.2, 0.25) is 17.7 Å². The maximum atomic E-state index is 13.6. The van der Waals surface area contributed by atoms with Gasteiger partial charge in [0.1, 0.15) is 5.82 Å². The molecule has 3 rings (SSSR count). The van der Waals surface area contributed by atoms with Crippen LogP contribution in [0.4, 0.5) is 4.39 Å². The van der Waals surface area contributed by atoms with E-state index >= 15 is 0 Å². The zero-order chi connectivity index (χ0) is 21.0. The third-order valence-corrected chi connectivity index (χ3v) is 6.01. The lowest BCUT2D eigenvalue weighted by atomic mass is 9.95. The summed E-state index contributed by atoms with van der Waals surface area (Å²) in [6, 6.07) is 4.96. The molecule has 158 valence electrons. The minimum Gasteiger partial charge on any atom is -0.355 e. The summed E-state index contributed by atoms with van der Waals surface area (Å²) in [6.07, 6.45) is 2.47. The van der Waals surface area contributed by atoms with Gasteiger partial charge in [-0.1, -0.05) is 19.1 Å². The molecule has 1 aliphatic heterocycles. The van der Waals surface area contributed by atoms with Crippen molar-refractivity contribution in [3.63, 3.8) is 0 Å². The van der Waals surface area contributed by atoms with Crippen LogP contribution in [0, 0.1) is 30.5 Å². The van der Waals surface area contributed by atoms with Crippen molar-refractivity contribution in [1.82, 2.24) is 15.5 Å². The van der Waals surface area contributed by atoms with E-state index in [0.29, 0.717) is 56.9 Å². The predicted molar refractivity (Wildman–Crippen MR) is 107 cm³/mol. The number of amides is 3. The Morgan fingerprint density at radius 3 is 2.45 bits per heavy atom. The number of benzene rings is 1. The number of aryl methyl sites for hydroxylation is 1. The average molecular weight is 403 g/mol. The zero-order valence-corrected chi connectivity index (χ0v) is 17.2. The van der Waals surface area contributed by atoms with Gasteiger partial charge in [-0.2, -0.15) is 0 Å². The topological polar surface area (TPSA) is 78.5 Å². The molecule has 1 saturated carbocycles. The summed E-state index contributed by atoms with van der Waals surface area (Å²) in [6.45, 7) is 5.51. The van der Waals surface area contributed by atoms with E-state index in [2.05, 4.69) is 17.6 Å². The van der Waals surface area contributed by atoms with Crippen LogP contribution in [0.25, 0.3) is 0 Å². The number of hydrogen-bond acceptors (Lipinski definition) is 3. The fraction of sp³-hybridized carbons (Fsp3) is 0.591. The van der Waals surface area contributed by atoms with Gasteiger partial charge < -0.3 is 15.5 Å². The van der Waals surface area contributed by atoms with E-state index in [0.717, 1.165) is 12.0 Å². The van der Waals surface area contributed by atoms with Crippen molar-refractivity contribution in [3.05, 3.63) is 35.1 Å². The molecule has 0 aromatic heterocycles. The number of rotatable bonds is 7. The largest absolute Gasteiger partial charge is 0.355 e. The fourth-order valence-corrected chi connectivity index (χ4v) is 3.74. The Hall–Kier alpha value is -2.44. The van der Waals surface area contributed by atoms with Crippen LogP contribution < -0.4 is 10.6 Å². The fourth-order valence-electron chi connectivity index (χ4n) is 3.74. The van der Waals surface area contributed by atoms with Crippen LogP contribution in [0.1, 0.15) is 43.7 Å². The maximum absolute atomic E-state index is 13.6. The van der Waals surface area contributed by atoms with Crippen molar-refractivity contribution in [2.24, 2.45) is 17.8 Å². The van der Waals surface area contributed by atoms with Crippen LogP contribution in [-0.4, -0.2) is 42.3 Å². The highest BCUT2D eigenvalue weighted by Crippen LogP contribution is 2.37. The molecule has 0 bridgehead atoms. The summed E-state index contributed by atoms with van der Waals surface area (Å²) in [5.41, 5.74) is 1.32. The molecular formula is C22H30FN3O3. The lowest BCUT2D eigenvalue weighted by molar-refractivity contribution is -0.135. The van der Waals surface area contributed by atoms with Crippen LogP contribution in [0.2, 0.25) is 0 Å². The third kappa shape index (κ3) is 5.78. The molecule has 6 nitrogen and oxygen atoms in total. The van der Waals surface area contributed by atoms with E-state index < -0.39 is 0 Å². The molecular weight excluding hydrogens is 373 g/mol. The summed E-state index contributed by atoms with van der Waals surface area (Å²) < 4.78 is 13.6. The normalized spacial score (nSPS) is 21.6. The SMILES string of the molecule is Cc1ccc(CNC(=O)C2CCN(C(=O)CCNC(=O)[C@@H]3C[C@@H]3C)CC2)cc1F. The maximum Gasteiger partial charge on any atom is 0.224 e. The summed E-state index contributed by atoms with van der Waals surface area (Å²) in [5.74, 6) is 0.189.